The summed E-state index contributed by atoms with van der Waals surface area (Å²) in [4.78, 5) is 10.7. The van der Waals surface area contributed by atoms with Crippen LogP contribution in [0.2, 0.25) is 0 Å². The zero-order chi connectivity index (χ0) is 20.2. The predicted molar refractivity (Wildman–Crippen MR) is 104 cm³/mol. The van der Waals surface area contributed by atoms with Crippen molar-refractivity contribution in [3.63, 3.8) is 0 Å². The lowest BCUT2D eigenvalue weighted by Gasteiger charge is -2.35. The van der Waals surface area contributed by atoms with Crippen molar-refractivity contribution in [1.82, 2.24) is 5.32 Å². The van der Waals surface area contributed by atoms with Gasteiger partial charge in [0.05, 0.1) is 31.1 Å². The standard InChI is InChI=1S/C12H24N2O.C7H8O3S/c1-5-12(15)13-10-9-11-14(6-2,7-3)8-4;1-6-2-4-7(5-3-6)11(8,9)10/h5H,1,6-11H2,2-4H3;2-5H,1H3,(H,8,9,10). The van der Waals surface area contributed by atoms with Gasteiger partial charge in [-0.25, -0.2) is 8.42 Å². The molecule has 0 saturated heterocycles. The van der Waals surface area contributed by atoms with Crippen molar-refractivity contribution in [2.75, 3.05) is 32.7 Å². The van der Waals surface area contributed by atoms with Gasteiger partial charge in [-0.3, -0.25) is 4.79 Å². The number of amides is 1. The highest BCUT2D eigenvalue weighted by atomic mass is 32.2. The molecular formula is C19H32N2O4S. The van der Waals surface area contributed by atoms with Crippen LogP contribution in [0, 0.1) is 6.92 Å². The number of benzene rings is 1. The van der Waals surface area contributed by atoms with Crippen LogP contribution in [0.25, 0.3) is 0 Å². The number of carbonyl (C=O) groups excluding carboxylic acids is 1. The number of hydrogen-bond acceptors (Lipinski definition) is 4. The summed E-state index contributed by atoms with van der Waals surface area (Å²) >= 11 is 0. The van der Waals surface area contributed by atoms with Gasteiger partial charge in [0.2, 0.25) is 5.91 Å². The molecule has 0 radical (unpaired) electrons. The lowest BCUT2D eigenvalue weighted by molar-refractivity contribution is -0.923. The van der Waals surface area contributed by atoms with Crippen molar-refractivity contribution in [2.45, 2.75) is 39.0 Å². The number of quaternary nitrogens is 1. The van der Waals surface area contributed by atoms with Gasteiger partial charge in [-0.1, -0.05) is 24.3 Å². The lowest BCUT2D eigenvalue weighted by atomic mass is 10.2. The Kier molecular flexibility index (Phi) is 11.1. The van der Waals surface area contributed by atoms with Gasteiger partial charge in [-0.2, -0.15) is 0 Å². The highest BCUT2D eigenvalue weighted by Crippen LogP contribution is 2.08. The summed E-state index contributed by atoms with van der Waals surface area (Å²) in [6, 6.07) is 5.78. The number of nitrogens with one attached hydrogen (secondary N) is 1. The SMILES string of the molecule is C=CC(=O)NCCC[N+](CC)(CC)CC.Cc1ccc(S(=O)(=O)[O-])cc1. The van der Waals surface area contributed by atoms with E-state index in [1.54, 1.807) is 12.1 Å². The average molecular weight is 385 g/mol. The number of carbonyl (C=O) groups is 1. The van der Waals surface area contributed by atoms with Crippen LogP contribution in [-0.2, 0) is 14.9 Å². The number of hydrogen-bond donors (Lipinski definition) is 1. The fourth-order valence-corrected chi connectivity index (χ4v) is 3.02. The molecule has 1 rings (SSSR count). The Hall–Kier alpha value is -1.70. The quantitative estimate of drug-likeness (QED) is 0.307. The molecule has 0 spiro atoms. The molecule has 0 heterocycles. The summed E-state index contributed by atoms with van der Waals surface area (Å²) < 4.78 is 32.3. The molecule has 0 unspecified atom stereocenters. The first-order valence-electron chi connectivity index (χ1n) is 8.92. The zero-order valence-corrected chi connectivity index (χ0v) is 17.1. The van der Waals surface area contributed by atoms with Crippen molar-refractivity contribution in [1.29, 1.82) is 0 Å². The van der Waals surface area contributed by atoms with Gasteiger partial charge in [0, 0.05) is 13.0 Å². The second-order valence-corrected chi connectivity index (χ2v) is 7.51. The zero-order valence-electron chi connectivity index (χ0n) is 16.3. The Bertz CT molecular complexity index is 642. The molecule has 1 amide bonds. The van der Waals surface area contributed by atoms with E-state index in [4.69, 9.17) is 0 Å². The summed E-state index contributed by atoms with van der Waals surface area (Å²) in [5.41, 5.74) is 0.928. The third kappa shape index (κ3) is 9.12. The molecule has 0 fully saturated rings. The fourth-order valence-electron chi connectivity index (χ4n) is 2.55. The van der Waals surface area contributed by atoms with E-state index >= 15 is 0 Å². The topological polar surface area (TPSA) is 86.3 Å². The van der Waals surface area contributed by atoms with Crippen LogP contribution < -0.4 is 5.32 Å². The minimum atomic E-state index is -4.27. The maximum atomic E-state index is 10.9. The van der Waals surface area contributed by atoms with Crippen LogP contribution in [0.3, 0.4) is 0 Å². The first-order chi connectivity index (χ1) is 12.1. The van der Waals surface area contributed by atoms with Gasteiger partial charge in [0.1, 0.15) is 10.1 Å². The maximum Gasteiger partial charge on any atom is 0.243 e. The molecule has 1 aromatic rings. The Morgan fingerprint density at radius 3 is 2.04 bits per heavy atom. The first-order valence-corrected chi connectivity index (χ1v) is 10.3. The monoisotopic (exact) mass is 384 g/mol. The number of nitrogens with zero attached hydrogens (tertiary/aromatic N) is 1. The normalized spacial score (nSPS) is 11.3. The van der Waals surface area contributed by atoms with Gasteiger partial charge < -0.3 is 14.4 Å². The van der Waals surface area contributed by atoms with Gasteiger partial charge in [-0.05, 0) is 45.9 Å². The Morgan fingerprint density at radius 1 is 1.15 bits per heavy atom. The molecule has 0 bridgehead atoms. The largest absolute Gasteiger partial charge is 0.744 e. The predicted octanol–water partition coefficient (Wildman–Crippen LogP) is 2.45. The van der Waals surface area contributed by atoms with Crippen molar-refractivity contribution in [3.8, 4) is 0 Å². The van der Waals surface area contributed by atoms with E-state index in [9.17, 15) is 17.8 Å². The molecule has 0 aliphatic carbocycles. The summed E-state index contributed by atoms with van der Waals surface area (Å²) in [6.45, 7) is 17.3. The molecule has 0 aliphatic rings. The smallest absolute Gasteiger partial charge is 0.243 e. The molecule has 0 aliphatic heterocycles. The van der Waals surface area contributed by atoms with Crippen LogP contribution in [-0.4, -0.2) is 56.1 Å². The first kappa shape index (κ1) is 24.3. The molecule has 0 saturated carbocycles. The van der Waals surface area contributed by atoms with E-state index in [0.717, 1.165) is 29.6 Å². The minimum Gasteiger partial charge on any atom is -0.744 e. The molecule has 6 nitrogen and oxygen atoms in total. The van der Waals surface area contributed by atoms with Gasteiger partial charge in [0.15, 0.2) is 0 Å². The average Bonchev–Trinajstić information content (AvgIpc) is 2.62. The summed E-state index contributed by atoms with van der Waals surface area (Å²) in [5.74, 6) is -0.0717. The molecule has 148 valence electrons. The van der Waals surface area contributed by atoms with Crippen LogP contribution >= 0.6 is 0 Å². The van der Waals surface area contributed by atoms with Crippen LogP contribution in [0.1, 0.15) is 32.8 Å². The molecule has 7 heteroatoms. The summed E-state index contributed by atoms with van der Waals surface area (Å²) in [5, 5.41) is 2.81. The van der Waals surface area contributed by atoms with Crippen molar-refractivity contribution in [3.05, 3.63) is 42.5 Å². The molecule has 0 atom stereocenters. The Balaban J connectivity index is 0.000000502. The van der Waals surface area contributed by atoms with E-state index in [0.29, 0.717) is 0 Å². The fraction of sp³-hybridized carbons (Fsp3) is 0.526. The van der Waals surface area contributed by atoms with E-state index in [-0.39, 0.29) is 10.8 Å². The molecule has 26 heavy (non-hydrogen) atoms. The van der Waals surface area contributed by atoms with E-state index < -0.39 is 10.1 Å². The van der Waals surface area contributed by atoms with E-state index in [1.165, 1.54) is 37.8 Å². The third-order valence-electron chi connectivity index (χ3n) is 4.62. The lowest BCUT2D eigenvalue weighted by Crippen LogP contribution is -2.48. The second kappa shape index (κ2) is 11.8. The second-order valence-electron chi connectivity index (χ2n) is 6.13. The number of rotatable bonds is 9. The summed E-state index contributed by atoms with van der Waals surface area (Å²) in [6.07, 6.45) is 2.36. The van der Waals surface area contributed by atoms with Crippen molar-refractivity contribution in [2.24, 2.45) is 0 Å². The van der Waals surface area contributed by atoms with Crippen molar-refractivity contribution < 1.29 is 22.2 Å². The Labute approximate surface area is 158 Å². The number of aryl methyl sites for hydroxylation is 1. The molecule has 0 aromatic heterocycles. The molecular weight excluding hydrogens is 352 g/mol. The minimum absolute atomic E-state index is 0.0717. The van der Waals surface area contributed by atoms with Crippen LogP contribution in [0.5, 0.6) is 0 Å². The summed E-state index contributed by atoms with van der Waals surface area (Å²) in [7, 11) is -4.27. The molecule has 1 N–H and O–H groups in total. The Morgan fingerprint density at radius 2 is 1.65 bits per heavy atom. The maximum absolute atomic E-state index is 10.9. The van der Waals surface area contributed by atoms with Gasteiger partial charge >= 0.3 is 0 Å². The highest BCUT2D eigenvalue weighted by molar-refractivity contribution is 7.85. The van der Waals surface area contributed by atoms with Gasteiger partial charge in [-0.15, -0.1) is 0 Å². The van der Waals surface area contributed by atoms with Crippen LogP contribution in [0.4, 0.5) is 0 Å². The highest BCUT2D eigenvalue weighted by Gasteiger charge is 2.19. The van der Waals surface area contributed by atoms with E-state index in [2.05, 4.69) is 32.7 Å². The molecule has 1 aromatic carbocycles. The van der Waals surface area contributed by atoms with Crippen LogP contribution in [0.15, 0.2) is 41.8 Å². The third-order valence-corrected chi connectivity index (χ3v) is 5.47. The van der Waals surface area contributed by atoms with E-state index in [1.807, 2.05) is 6.92 Å². The van der Waals surface area contributed by atoms with Crippen molar-refractivity contribution >= 4 is 16.0 Å². The van der Waals surface area contributed by atoms with Gasteiger partial charge in [0.25, 0.3) is 0 Å².